The monoisotopic (exact) mass is 296 g/mol. The van der Waals surface area contributed by atoms with Crippen molar-refractivity contribution in [3.8, 4) is 0 Å². The molecule has 2 N–H and O–H groups in total. The van der Waals surface area contributed by atoms with Crippen molar-refractivity contribution >= 4 is 11.6 Å². The van der Waals surface area contributed by atoms with E-state index in [1.807, 2.05) is 42.5 Å². The summed E-state index contributed by atoms with van der Waals surface area (Å²) < 4.78 is 0. The molecule has 0 fully saturated rings. The van der Waals surface area contributed by atoms with Gasteiger partial charge in [-0.3, -0.25) is 4.79 Å². The van der Waals surface area contributed by atoms with Crippen molar-refractivity contribution in [1.29, 1.82) is 0 Å². The highest BCUT2D eigenvalue weighted by Crippen LogP contribution is 2.25. The number of carbonyl (C=O) groups excluding carboxylic acids is 1. The standard InChI is InChI=1S/C19H24N2O/c1-19(2,3)15-10-12-16(13-11-15)21(4)18(22)17(20)14-8-6-5-7-9-14/h5-13,17H,20H2,1-4H3. The van der Waals surface area contributed by atoms with Gasteiger partial charge in [0.05, 0.1) is 0 Å². The Hall–Kier alpha value is -2.13. The molecule has 0 radical (unpaired) electrons. The van der Waals surface area contributed by atoms with E-state index in [1.165, 1.54) is 5.56 Å². The lowest BCUT2D eigenvalue weighted by Crippen LogP contribution is -2.35. The van der Waals surface area contributed by atoms with Gasteiger partial charge in [0.1, 0.15) is 6.04 Å². The van der Waals surface area contributed by atoms with Gasteiger partial charge in [0.2, 0.25) is 5.91 Å². The van der Waals surface area contributed by atoms with Crippen molar-refractivity contribution in [3.63, 3.8) is 0 Å². The van der Waals surface area contributed by atoms with Crippen molar-refractivity contribution in [2.75, 3.05) is 11.9 Å². The minimum Gasteiger partial charge on any atom is -0.316 e. The second-order valence-corrected chi connectivity index (χ2v) is 6.58. The molecule has 0 spiro atoms. The highest BCUT2D eigenvalue weighted by molar-refractivity contribution is 5.97. The summed E-state index contributed by atoms with van der Waals surface area (Å²) in [5.74, 6) is -0.116. The van der Waals surface area contributed by atoms with E-state index in [4.69, 9.17) is 5.73 Å². The van der Waals surface area contributed by atoms with Crippen LogP contribution in [0, 0.1) is 0 Å². The zero-order chi connectivity index (χ0) is 16.3. The average molecular weight is 296 g/mol. The van der Waals surface area contributed by atoms with Gasteiger partial charge >= 0.3 is 0 Å². The second-order valence-electron chi connectivity index (χ2n) is 6.58. The fourth-order valence-electron chi connectivity index (χ4n) is 2.32. The van der Waals surface area contributed by atoms with E-state index in [-0.39, 0.29) is 11.3 Å². The number of hydrogen-bond acceptors (Lipinski definition) is 2. The molecule has 0 aromatic heterocycles. The van der Waals surface area contributed by atoms with Crippen molar-refractivity contribution in [2.45, 2.75) is 32.2 Å². The molecule has 0 heterocycles. The first kappa shape index (κ1) is 16.2. The molecule has 2 aromatic rings. The van der Waals surface area contributed by atoms with Crippen molar-refractivity contribution in [3.05, 3.63) is 65.7 Å². The lowest BCUT2D eigenvalue weighted by molar-refractivity contribution is -0.119. The van der Waals surface area contributed by atoms with Crippen LogP contribution in [0.2, 0.25) is 0 Å². The summed E-state index contributed by atoms with van der Waals surface area (Å²) in [6, 6.07) is 16.9. The molecule has 3 nitrogen and oxygen atoms in total. The van der Waals surface area contributed by atoms with E-state index in [2.05, 4.69) is 32.9 Å². The molecule has 1 atom stereocenters. The number of likely N-dealkylation sites (N-methyl/N-ethyl adjacent to an activating group) is 1. The average Bonchev–Trinajstić information content (AvgIpc) is 2.53. The number of anilines is 1. The molecule has 0 saturated heterocycles. The Morgan fingerprint density at radius 3 is 2.05 bits per heavy atom. The van der Waals surface area contributed by atoms with Crippen LogP contribution in [-0.4, -0.2) is 13.0 Å². The fraction of sp³-hybridized carbons (Fsp3) is 0.316. The number of nitrogens with two attached hydrogens (primary N) is 1. The fourth-order valence-corrected chi connectivity index (χ4v) is 2.32. The molecule has 2 rings (SSSR count). The van der Waals surface area contributed by atoms with Gasteiger partial charge in [-0.25, -0.2) is 0 Å². The third-order valence-corrected chi connectivity index (χ3v) is 3.88. The molecular formula is C19H24N2O. The molecule has 0 aliphatic heterocycles. The van der Waals surface area contributed by atoms with Crippen molar-refractivity contribution in [1.82, 2.24) is 0 Å². The molecule has 1 unspecified atom stereocenters. The number of rotatable bonds is 3. The first-order valence-corrected chi connectivity index (χ1v) is 7.49. The molecule has 2 aromatic carbocycles. The van der Waals surface area contributed by atoms with Crippen molar-refractivity contribution < 1.29 is 4.79 Å². The number of benzene rings is 2. The van der Waals surface area contributed by atoms with E-state index in [0.29, 0.717) is 0 Å². The quantitative estimate of drug-likeness (QED) is 0.939. The Kier molecular flexibility index (Phi) is 4.67. The number of carbonyl (C=O) groups is 1. The van der Waals surface area contributed by atoms with E-state index in [1.54, 1.807) is 11.9 Å². The van der Waals surface area contributed by atoms with Crippen LogP contribution in [0.25, 0.3) is 0 Å². The van der Waals surface area contributed by atoms with Crippen LogP contribution in [0.1, 0.15) is 37.9 Å². The molecule has 1 amide bonds. The van der Waals surface area contributed by atoms with E-state index >= 15 is 0 Å². The maximum atomic E-state index is 12.5. The summed E-state index contributed by atoms with van der Waals surface area (Å²) in [7, 11) is 1.76. The third-order valence-electron chi connectivity index (χ3n) is 3.88. The van der Waals surface area contributed by atoms with Gasteiger partial charge in [0.25, 0.3) is 0 Å². The lowest BCUT2D eigenvalue weighted by Gasteiger charge is -2.24. The summed E-state index contributed by atoms with van der Waals surface area (Å²) in [5.41, 5.74) is 9.10. The molecule has 116 valence electrons. The molecule has 0 aliphatic carbocycles. The molecule has 3 heteroatoms. The van der Waals surface area contributed by atoms with Gasteiger partial charge in [0, 0.05) is 12.7 Å². The predicted octanol–water partition coefficient (Wildman–Crippen LogP) is 3.65. The zero-order valence-corrected chi connectivity index (χ0v) is 13.7. The van der Waals surface area contributed by atoms with Crippen LogP contribution < -0.4 is 10.6 Å². The van der Waals surface area contributed by atoms with Crippen LogP contribution in [0.15, 0.2) is 54.6 Å². The Morgan fingerprint density at radius 1 is 1.00 bits per heavy atom. The first-order chi connectivity index (χ1) is 10.3. The van der Waals surface area contributed by atoms with Gasteiger partial charge in [0.15, 0.2) is 0 Å². The van der Waals surface area contributed by atoms with Gasteiger partial charge in [-0.2, -0.15) is 0 Å². The van der Waals surface area contributed by atoms with Crippen molar-refractivity contribution in [2.24, 2.45) is 5.73 Å². The molecule has 0 saturated carbocycles. The van der Waals surface area contributed by atoms with Crippen LogP contribution in [0.3, 0.4) is 0 Å². The summed E-state index contributed by atoms with van der Waals surface area (Å²) in [4.78, 5) is 14.1. The Bertz CT molecular complexity index is 627. The second kappa shape index (κ2) is 6.32. The lowest BCUT2D eigenvalue weighted by atomic mass is 9.87. The van der Waals surface area contributed by atoms with Gasteiger partial charge in [-0.05, 0) is 28.7 Å². The highest BCUT2D eigenvalue weighted by atomic mass is 16.2. The van der Waals surface area contributed by atoms with Crippen LogP contribution in [0.4, 0.5) is 5.69 Å². The zero-order valence-electron chi connectivity index (χ0n) is 13.7. The van der Waals surface area contributed by atoms with Gasteiger partial charge in [-0.15, -0.1) is 0 Å². The highest BCUT2D eigenvalue weighted by Gasteiger charge is 2.21. The van der Waals surface area contributed by atoms with E-state index in [0.717, 1.165) is 11.3 Å². The van der Waals surface area contributed by atoms with Crippen LogP contribution in [0.5, 0.6) is 0 Å². The normalized spacial score (nSPS) is 12.8. The van der Waals surface area contributed by atoms with E-state index < -0.39 is 6.04 Å². The topological polar surface area (TPSA) is 46.3 Å². The maximum Gasteiger partial charge on any atom is 0.248 e. The molecule has 0 aliphatic rings. The summed E-state index contributed by atoms with van der Waals surface area (Å²) >= 11 is 0. The van der Waals surface area contributed by atoms with Gasteiger partial charge < -0.3 is 10.6 Å². The van der Waals surface area contributed by atoms with Crippen LogP contribution >= 0.6 is 0 Å². The number of hydrogen-bond donors (Lipinski definition) is 1. The summed E-state index contributed by atoms with van der Waals surface area (Å²) in [6.07, 6.45) is 0. The maximum absolute atomic E-state index is 12.5. The van der Waals surface area contributed by atoms with E-state index in [9.17, 15) is 4.79 Å². The predicted molar refractivity (Wildman–Crippen MR) is 91.9 cm³/mol. The Morgan fingerprint density at radius 2 is 1.55 bits per heavy atom. The Balaban J connectivity index is 2.17. The molecule has 0 bridgehead atoms. The molecular weight excluding hydrogens is 272 g/mol. The molecule has 22 heavy (non-hydrogen) atoms. The SMILES string of the molecule is CN(C(=O)C(N)c1ccccc1)c1ccc(C(C)(C)C)cc1. The minimum atomic E-state index is -0.645. The summed E-state index contributed by atoms with van der Waals surface area (Å²) in [5, 5.41) is 0. The van der Waals surface area contributed by atoms with Crippen LogP contribution in [-0.2, 0) is 10.2 Å². The largest absolute Gasteiger partial charge is 0.316 e. The number of nitrogens with zero attached hydrogens (tertiary/aromatic N) is 1. The first-order valence-electron chi connectivity index (χ1n) is 7.49. The Labute approximate surface area is 132 Å². The van der Waals surface area contributed by atoms with Gasteiger partial charge in [-0.1, -0.05) is 63.2 Å². The third kappa shape index (κ3) is 3.55. The minimum absolute atomic E-state index is 0.0988. The number of amides is 1. The summed E-state index contributed by atoms with van der Waals surface area (Å²) in [6.45, 7) is 6.51. The smallest absolute Gasteiger partial charge is 0.248 e.